The highest BCUT2D eigenvalue weighted by molar-refractivity contribution is 7.90. The topological polar surface area (TPSA) is 171 Å². The summed E-state index contributed by atoms with van der Waals surface area (Å²) in [6.45, 7) is 11.9. The van der Waals surface area contributed by atoms with E-state index in [1.54, 1.807) is 0 Å². The Bertz CT molecular complexity index is 1340. The van der Waals surface area contributed by atoms with Crippen molar-refractivity contribution in [2.75, 3.05) is 25.1 Å². The smallest absolute Gasteiger partial charge is 0.315 e. The van der Waals surface area contributed by atoms with Gasteiger partial charge in [-0.2, -0.15) is 0 Å². The van der Waals surface area contributed by atoms with Crippen LogP contribution in [-0.2, 0) is 29.0 Å². The lowest BCUT2D eigenvalue weighted by Crippen LogP contribution is -2.63. The number of amides is 5. The van der Waals surface area contributed by atoms with Crippen molar-refractivity contribution < 1.29 is 32.4 Å². The van der Waals surface area contributed by atoms with Crippen LogP contribution in [0.2, 0.25) is 0 Å². The molecule has 3 rings (SSSR count). The Morgan fingerprint density at radius 1 is 1.04 bits per heavy atom. The molecule has 258 valence electrons. The highest BCUT2D eigenvalue weighted by Gasteiger charge is 2.70. The Hall–Kier alpha value is -3.14. The predicted octanol–water partition coefficient (Wildman–Crippen LogP) is 1.92. The molecule has 0 radical (unpaired) electrons. The summed E-state index contributed by atoms with van der Waals surface area (Å²) < 4.78 is 24.5. The zero-order chi connectivity index (χ0) is 34.7. The van der Waals surface area contributed by atoms with Crippen LogP contribution in [0.1, 0.15) is 92.9 Å². The maximum Gasteiger partial charge on any atom is 0.315 e. The number of hydrogen-bond donors (Lipinski definition) is 4. The van der Waals surface area contributed by atoms with Crippen molar-refractivity contribution in [1.29, 1.82) is 0 Å². The Kier molecular flexibility index (Phi) is 11.6. The fourth-order valence-corrected chi connectivity index (χ4v) is 8.67. The van der Waals surface area contributed by atoms with Gasteiger partial charge in [0.2, 0.25) is 17.6 Å². The number of carbonyl (C=O) groups is 5. The summed E-state index contributed by atoms with van der Waals surface area (Å²) in [6.07, 6.45) is 11.0. The first-order valence-electron chi connectivity index (χ1n) is 16.4. The molecule has 0 aromatic heterocycles. The van der Waals surface area contributed by atoms with Gasteiger partial charge in [-0.05, 0) is 48.3 Å². The quantitative estimate of drug-likeness (QED) is 0.172. The first-order valence-corrected chi connectivity index (χ1v) is 18.5. The van der Waals surface area contributed by atoms with Crippen LogP contribution in [0.4, 0.5) is 4.79 Å². The van der Waals surface area contributed by atoms with Crippen molar-refractivity contribution in [2.24, 2.45) is 22.7 Å². The molecule has 3 aliphatic rings. The van der Waals surface area contributed by atoms with E-state index in [1.165, 1.54) is 4.90 Å². The normalized spacial score (nSPS) is 24.4. The summed E-state index contributed by atoms with van der Waals surface area (Å²) in [4.78, 5) is 68.7. The highest BCUT2D eigenvalue weighted by atomic mass is 32.2. The van der Waals surface area contributed by atoms with Gasteiger partial charge >= 0.3 is 6.03 Å². The maximum absolute atomic E-state index is 14.3. The Morgan fingerprint density at radius 3 is 2.22 bits per heavy atom. The first-order chi connectivity index (χ1) is 21.3. The molecule has 1 heterocycles. The summed E-state index contributed by atoms with van der Waals surface area (Å²) >= 11 is 0. The molecule has 2 saturated carbocycles. The standard InChI is InChI=1S/C33H53N5O7S/c1-9-11-15-22(25(39)28(41)34-18-10-2)35-27(40)24-23-21(32(23,6)7)19-38(24)29(42)26(31(3,4)5)36-30(43)37-33(20-46(8,44)45)16-13-12-14-17-33/h1,21-24,26H,10-20H2,2-8H3,(H,34,41)(H,35,40)(H2,36,37,43)/t21?,22?,23-,24-,26+/m0/s1. The van der Waals surface area contributed by atoms with Crippen LogP contribution in [-0.4, -0.2) is 91.6 Å². The minimum Gasteiger partial charge on any atom is -0.349 e. The Morgan fingerprint density at radius 2 is 1.67 bits per heavy atom. The third-order valence-electron chi connectivity index (χ3n) is 9.85. The first kappa shape index (κ1) is 37.3. The van der Waals surface area contributed by atoms with Gasteiger partial charge in [0.25, 0.3) is 5.91 Å². The number of hydrogen-bond acceptors (Lipinski definition) is 7. The molecule has 2 aliphatic carbocycles. The zero-order valence-electron chi connectivity index (χ0n) is 28.5. The van der Waals surface area contributed by atoms with E-state index in [2.05, 4.69) is 27.2 Å². The Balaban J connectivity index is 1.84. The number of carbonyl (C=O) groups excluding carboxylic acids is 5. The van der Waals surface area contributed by atoms with E-state index < -0.39 is 68.5 Å². The number of nitrogens with zero attached hydrogens (tertiary/aromatic N) is 1. The van der Waals surface area contributed by atoms with Gasteiger partial charge in [-0.3, -0.25) is 19.2 Å². The largest absolute Gasteiger partial charge is 0.349 e. The van der Waals surface area contributed by atoms with Gasteiger partial charge in [0, 0.05) is 25.8 Å². The maximum atomic E-state index is 14.3. The van der Waals surface area contributed by atoms with Crippen LogP contribution in [0.25, 0.3) is 0 Å². The van der Waals surface area contributed by atoms with E-state index in [0.717, 1.165) is 25.5 Å². The van der Waals surface area contributed by atoms with Gasteiger partial charge in [-0.1, -0.05) is 60.8 Å². The van der Waals surface area contributed by atoms with Crippen molar-refractivity contribution in [3.8, 4) is 12.3 Å². The fourth-order valence-electron chi connectivity index (χ4n) is 7.31. The SMILES string of the molecule is C#CCCC(NC(=O)[C@@H]1[C@@H]2C(CN1C(=O)[C@@H](NC(=O)NC1(CS(C)(=O)=O)CCCCC1)C(C)(C)C)C2(C)C)C(=O)C(=O)NCCC. The minimum atomic E-state index is -3.40. The molecule has 5 amide bonds. The van der Waals surface area contributed by atoms with Gasteiger partial charge in [0.05, 0.1) is 17.3 Å². The molecule has 46 heavy (non-hydrogen) atoms. The number of ketones is 1. The van der Waals surface area contributed by atoms with E-state index in [9.17, 15) is 32.4 Å². The average molecular weight is 664 g/mol. The molecule has 0 spiro atoms. The van der Waals surface area contributed by atoms with Crippen LogP contribution < -0.4 is 21.3 Å². The van der Waals surface area contributed by atoms with E-state index in [0.29, 0.717) is 32.4 Å². The van der Waals surface area contributed by atoms with Gasteiger partial charge < -0.3 is 26.2 Å². The number of nitrogens with one attached hydrogen (secondary N) is 4. The molecule has 0 bridgehead atoms. The number of terminal acetylenes is 1. The molecule has 12 nitrogen and oxygen atoms in total. The van der Waals surface area contributed by atoms with Crippen LogP contribution in [0, 0.1) is 35.0 Å². The average Bonchev–Trinajstić information content (AvgIpc) is 3.26. The molecule has 0 aromatic rings. The molecule has 13 heteroatoms. The predicted molar refractivity (Wildman–Crippen MR) is 175 cm³/mol. The van der Waals surface area contributed by atoms with Crippen molar-refractivity contribution >= 4 is 39.4 Å². The van der Waals surface area contributed by atoms with Crippen molar-refractivity contribution in [3.05, 3.63) is 0 Å². The Labute approximate surface area is 274 Å². The summed E-state index contributed by atoms with van der Waals surface area (Å²) in [5.41, 5.74) is -1.92. The van der Waals surface area contributed by atoms with Crippen LogP contribution >= 0.6 is 0 Å². The highest BCUT2D eigenvalue weighted by Crippen LogP contribution is 2.65. The van der Waals surface area contributed by atoms with E-state index in [-0.39, 0.29) is 35.8 Å². The molecule has 1 saturated heterocycles. The molecular weight excluding hydrogens is 610 g/mol. The lowest BCUT2D eigenvalue weighted by molar-refractivity contribution is -0.145. The third kappa shape index (κ3) is 8.81. The molecule has 4 N–H and O–H groups in total. The van der Waals surface area contributed by atoms with Crippen LogP contribution in [0.5, 0.6) is 0 Å². The van der Waals surface area contributed by atoms with Crippen molar-refractivity contribution in [2.45, 2.75) is 117 Å². The lowest BCUT2D eigenvalue weighted by Gasteiger charge is -2.40. The van der Waals surface area contributed by atoms with Gasteiger partial charge in [-0.25, -0.2) is 13.2 Å². The van der Waals surface area contributed by atoms with E-state index >= 15 is 0 Å². The van der Waals surface area contributed by atoms with Crippen molar-refractivity contribution in [3.63, 3.8) is 0 Å². The van der Waals surface area contributed by atoms with E-state index in [4.69, 9.17) is 6.42 Å². The van der Waals surface area contributed by atoms with Gasteiger partial charge in [0.1, 0.15) is 21.9 Å². The second-order valence-electron chi connectivity index (χ2n) is 15.1. The minimum absolute atomic E-state index is 0.0367. The fraction of sp³-hybridized carbons (Fsp3) is 0.788. The molecule has 0 aromatic carbocycles. The summed E-state index contributed by atoms with van der Waals surface area (Å²) in [7, 11) is -3.40. The number of piperidine rings is 1. The number of likely N-dealkylation sites (tertiary alicyclic amines) is 1. The second-order valence-corrected chi connectivity index (χ2v) is 17.3. The van der Waals surface area contributed by atoms with E-state index in [1.807, 2.05) is 41.5 Å². The number of rotatable bonds is 13. The zero-order valence-corrected chi connectivity index (χ0v) is 29.3. The second kappa shape index (κ2) is 14.3. The molecule has 3 fully saturated rings. The summed E-state index contributed by atoms with van der Waals surface area (Å²) in [5.74, 6) is -0.470. The van der Waals surface area contributed by atoms with Gasteiger partial charge in [-0.15, -0.1) is 12.3 Å². The monoisotopic (exact) mass is 663 g/mol. The number of Topliss-reactive ketones (excluding diaryl/α,β-unsaturated/α-hetero) is 1. The summed E-state index contributed by atoms with van der Waals surface area (Å²) in [5, 5.41) is 11.0. The molecular formula is C33H53N5O7S. The number of fused-ring (bicyclic) bond motifs is 1. The number of sulfone groups is 1. The lowest BCUT2D eigenvalue weighted by atomic mass is 9.83. The molecule has 1 aliphatic heterocycles. The third-order valence-corrected chi connectivity index (χ3v) is 10.9. The van der Waals surface area contributed by atoms with Crippen LogP contribution in [0.15, 0.2) is 0 Å². The van der Waals surface area contributed by atoms with Gasteiger partial charge in [0.15, 0.2) is 0 Å². The number of urea groups is 1. The molecule has 2 unspecified atom stereocenters. The molecule has 5 atom stereocenters. The van der Waals surface area contributed by atoms with Crippen LogP contribution in [0.3, 0.4) is 0 Å². The van der Waals surface area contributed by atoms with Crippen molar-refractivity contribution in [1.82, 2.24) is 26.2 Å². The summed E-state index contributed by atoms with van der Waals surface area (Å²) in [6, 6.07) is -3.75.